The molecule has 0 aliphatic heterocycles. The Labute approximate surface area is 131 Å². The molecule has 0 amide bonds. The second-order valence-corrected chi connectivity index (χ2v) is 5.71. The van der Waals surface area contributed by atoms with Crippen LogP contribution in [-0.2, 0) is 0 Å². The predicted octanol–water partition coefficient (Wildman–Crippen LogP) is 4.76. The molecule has 5 nitrogen and oxygen atoms in total. The topological polar surface area (TPSA) is 66.2 Å². The van der Waals surface area contributed by atoms with Gasteiger partial charge in [0.05, 0.1) is 31.3 Å². The Morgan fingerprint density at radius 2 is 1.05 bits per heavy atom. The summed E-state index contributed by atoms with van der Waals surface area (Å²) in [5, 5.41) is 14.8. The van der Waals surface area contributed by atoms with Crippen LogP contribution in [0.1, 0.15) is 79.1 Å². The molecule has 5 heteroatoms. The summed E-state index contributed by atoms with van der Waals surface area (Å²) in [4.78, 5) is 8.25. The summed E-state index contributed by atoms with van der Waals surface area (Å²) in [7, 11) is 0. The van der Waals surface area contributed by atoms with E-state index in [2.05, 4.69) is 27.7 Å². The van der Waals surface area contributed by atoms with Crippen molar-refractivity contribution in [3.8, 4) is 0 Å². The first kappa shape index (κ1) is 22.4. The van der Waals surface area contributed by atoms with Crippen LogP contribution >= 0.6 is 0 Å². The Bertz CT molecular complexity index is 219. The number of quaternary nitrogens is 1. The van der Waals surface area contributed by atoms with Gasteiger partial charge in [-0.15, -0.1) is 0 Å². The lowest BCUT2D eigenvalue weighted by molar-refractivity contribution is -0.923. The van der Waals surface area contributed by atoms with Crippen LogP contribution in [0.5, 0.6) is 0 Å². The normalized spacial score (nSPS) is 10.9. The smallest absolute Gasteiger partial charge is 0.0786 e. The third-order valence-corrected chi connectivity index (χ3v) is 4.50. The van der Waals surface area contributed by atoms with Crippen molar-refractivity contribution in [1.82, 2.24) is 0 Å². The quantitative estimate of drug-likeness (QED) is 0.226. The van der Waals surface area contributed by atoms with Gasteiger partial charge in [-0.1, -0.05) is 45.4 Å². The van der Waals surface area contributed by atoms with Crippen molar-refractivity contribution in [1.29, 1.82) is 0 Å². The number of unbranched alkanes of at least 4 members (excludes halogenated alkanes) is 7. The molecule has 0 unspecified atom stereocenters. The van der Waals surface area contributed by atoms with E-state index < -0.39 is 5.09 Å². The maximum atomic E-state index is 8.25. The summed E-state index contributed by atoms with van der Waals surface area (Å²) in [6.07, 6.45) is 11.5. The number of nitrogens with zero attached hydrogens (tertiary/aromatic N) is 2. The number of hydrogen-bond acceptors (Lipinski definition) is 3. The monoisotopic (exact) mass is 304 g/mol. The van der Waals surface area contributed by atoms with Gasteiger partial charge < -0.3 is 19.8 Å². The Balaban J connectivity index is 0. The highest BCUT2D eigenvalue weighted by molar-refractivity contribution is 4.47. The van der Waals surface area contributed by atoms with E-state index in [4.69, 9.17) is 15.3 Å². The first-order valence-corrected chi connectivity index (χ1v) is 8.64. The highest BCUT2D eigenvalue weighted by Gasteiger charge is 2.19. The van der Waals surface area contributed by atoms with Gasteiger partial charge >= 0.3 is 0 Å². The highest BCUT2D eigenvalue weighted by Crippen LogP contribution is 2.12. The fraction of sp³-hybridized carbons (Fsp3) is 1.00. The molecule has 0 N–H and O–H groups in total. The summed E-state index contributed by atoms with van der Waals surface area (Å²) in [5.74, 6) is 0. The molecule has 0 aliphatic rings. The third-order valence-electron chi connectivity index (χ3n) is 4.50. The van der Waals surface area contributed by atoms with Crippen molar-refractivity contribution in [2.45, 2.75) is 79.1 Å². The zero-order valence-electron chi connectivity index (χ0n) is 14.6. The molecular weight excluding hydrogens is 268 g/mol. The highest BCUT2D eigenvalue weighted by atomic mass is 16.9. The van der Waals surface area contributed by atoms with Crippen molar-refractivity contribution >= 4 is 0 Å². The van der Waals surface area contributed by atoms with E-state index in [1.54, 1.807) is 0 Å². The second-order valence-electron chi connectivity index (χ2n) is 5.71. The van der Waals surface area contributed by atoms with Gasteiger partial charge in [0.25, 0.3) is 0 Å². The summed E-state index contributed by atoms with van der Waals surface area (Å²) >= 11 is 0. The van der Waals surface area contributed by atoms with E-state index in [0.717, 1.165) is 0 Å². The summed E-state index contributed by atoms with van der Waals surface area (Å²) in [6.45, 7) is 14.7. The minimum atomic E-state index is -1.75. The number of hydrogen-bond donors (Lipinski definition) is 0. The standard InChI is InChI=1S/C16H36N.NO3/c1-5-9-10-11-12-13-14-15-16-17(6-2,7-3)8-4;2-1(3)4/h5-16H2,1-4H3;/q+1;-1. The van der Waals surface area contributed by atoms with E-state index in [1.165, 1.54) is 82.0 Å². The van der Waals surface area contributed by atoms with Crippen molar-refractivity contribution in [3.05, 3.63) is 15.3 Å². The van der Waals surface area contributed by atoms with Crippen LogP contribution in [0, 0.1) is 15.3 Å². The minimum Gasteiger partial charge on any atom is -0.356 e. The molecule has 128 valence electrons. The van der Waals surface area contributed by atoms with Crippen LogP contribution in [0.3, 0.4) is 0 Å². The van der Waals surface area contributed by atoms with Gasteiger partial charge in [0.2, 0.25) is 0 Å². The number of rotatable bonds is 12. The van der Waals surface area contributed by atoms with Gasteiger partial charge in [-0.3, -0.25) is 0 Å². The van der Waals surface area contributed by atoms with Gasteiger partial charge in [0.15, 0.2) is 0 Å². The van der Waals surface area contributed by atoms with Crippen molar-refractivity contribution in [2.75, 3.05) is 26.2 Å². The van der Waals surface area contributed by atoms with Crippen LogP contribution < -0.4 is 0 Å². The van der Waals surface area contributed by atoms with Crippen molar-refractivity contribution < 1.29 is 9.57 Å². The summed E-state index contributed by atoms with van der Waals surface area (Å²) < 4.78 is 1.33. The van der Waals surface area contributed by atoms with E-state index in [0.29, 0.717) is 0 Å². The molecule has 0 aliphatic carbocycles. The Morgan fingerprint density at radius 3 is 1.38 bits per heavy atom. The molecule has 0 saturated heterocycles. The molecule has 0 radical (unpaired) electrons. The van der Waals surface area contributed by atoms with Crippen molar-refractivity contribution in [2.24, 2.45) is 0 Å². The zero-order valence-corrected chi connectivity index (χ0v) is 14.6. The second kappa shape index (κ2) is 15.5. The lowest BCUT2D eigenvalue weighted by Crippen LogP contribution is -2.48. The van der Waals surface area contributed by atoms with E-state index in [-0.39, 0.29) is 0 Å². The fourth-order valence-corrected chi connectivity index (χ4v) is 2.73. The molecule has 0 aromatic rings. The van der Waals surface area contributed by atoms with Gasteiger partial charge in [0, 0.05) is 0 Å². The molecule has 0 saturated carbocycles. The van der Waals surface area contributed by atoms with E-state index in [9.17, 15) is 0 Å². The first-order chi connectivity index (χ1) is 9.97. The van der Waals surface area contributed by atoms with E-state index in [1.807, 2.05) is 0 Å². The molecule has 0 fully saturated rings. The van der Waals surface area contributed by atoms with Crippen LogP contribution in [0.25, 0.3) is 0 Å². The fourth-order valence-electron chi connectivity index (χ4n) is 2.73. The average Bonchev–Trinajstić information content (AvgIpc) is 2.46. The Morgan fingerprint density at radius 1 is 0.714 bits per heavy atom. The maximum absolute atomic E-state index is 8.25. The Kier molecular flexibility index (Phi) is 16.6. The van der Waals surface area contributed by atoms with Crippen LogP contribution in [-0.4, -0.2) is 35.7 Å². The van der Waals surface area contributed by atoms with Gasteiger partial charge in [-0.05, 0) is 33.6 Å². The van der Waals surface area contributed by atoms with Crippen molar-refractivity contribution in [3.63, 3.8) is 0 Å². The molecule has 0 spiro atoms. The molecule has 0 bridgehead atoms. The molecule has 0 heterocycles. The molecule has 0 rings (SSSR count). The molecule has 21 heavy (non-hydrogen) atoms. The molecule has 0 aromatic carbocycles. The lowest BCUT2D eigenvalue weighted by atomic mass is 10.1. The van der Waals surface area contributed by atoms with Crippen LogP contribution in [0.4, 0.5) is 0 Å². The lowest BCUT2D eigenvalue weighted by Gasteiger charge is -2.35. The van der Waals surface area contributed by atoms with Crippen LogP contribution in [0.2, 0.25) is 0 Å². The third kappa shape index (κ3) is 15.4. The molecular formula is C16H36N2O3. The zero-order chi connectivity index (χ0) is 16.6. The Hall–Kier alpha value is -0.840. The largest absolute Gasteiger partial charge is 0.356 e. The summed E-state index contributed by atoms with van der Waals surface area (Å²) in [6, 6.07) is 0. The first-order valence-electron chi connectivity index (χ1n) is 8.64. The van der Waals surface area contributed by atoms with E-state index >= 15 is 0 Å². The van der Waals surface area contributed by atoms with Crippen LogP contribution in [0.15, 0.2) is 0 Å². The molecule has 0 aromatic heterocycles. The van der Waals surface area contributed by atoms with Gasteiger partial charge in [-0.25, -0.2) is 0 Å². The average molecular weight is 304 g/mol. The summed E-state index contributed by atoms with van der Waals surface area (Å²) in [5.41, 5.74) is 0. The molecule has 0 atom stereocenters. The predicted molar refractivity (Wildman–Crippen MR) is 89.7 cm³/mol. The van der Waals surface area contributed by atoms with Gasteiger partial charge in [0.1, 0.15) is 0 Å². The minimum absolute atomic E-state index is 1.31. The van der Waals surface area contributed by atoms with Gasteiger partial charge in [-0.2, -0.15) is 0 Å². The maximum Gasteiger partial charge on any atom is 0.0786 e. The SMILES string of the molecule is CCCCCCCCCC[N+](CC)(CC)CC.O=[N+]([O-])[O-].